The summed E-state index contributed by atoms with van der Waals surface area (Å²) in [4.78, 5) is 30.9. The van der Waals surface area contributed by atoms with Gasteiger partial charge in [-0.25, -0.2) is 14.1 Å². The number of nitrogens with zero attached hydrogens (tertiary/aromatic N) is 1. The molecule has 0 aliphatic rings. The second-order valence-electron chi connectivity index (χ2n) is 9.40. The molecule has 1 unspecified atom stereocenters. The number of aliphatic hydroxyl groups is 1. The van der Waals surface area contributed by atoms with E-state index in [0.29, 0.717) is 24.1 Å². The third-order valence-corrected chi connectivity index (χ3v) is 6.90. The first kappa shape index (κ1) is 31.1. The lowest BCUT2D eigenvalue weighted by Gasteiger charge is -2.27. The van der Waals surface area contributed by atoms with Crippen LogP contribution in [0.15, 0.2) is 72.8 Å². The summed E-state index contributed by atoms with van der Waals surface area (Å²) in [5, 5.41) is 12.8. The topological polar surface area (TPSA) is 123 Å². The molecule has 214 valence electrons. The summed E-state index contributed by atoms with van der Waals surface area (Å²) in [6.07, 6.45) is 0.993. The molecule has 11 heteroatoms. The van der Waals surface area contributed by atoms with E-state index in [0.717, 1.165) is 17.8 Å². The monoisotopic (exact) mass is 571 g/mol. The van der Waals surface area contributed by atoms with Gasteiger partial charge in [0.15, 0.2) is 12.2 Å². The van der Waals surface area contributed by atoms with Crippen molar-refractivity contribution in [1.82, 2.24) is 5.32 Å². The Morgan fingerprint density at radius 2 is 1.77 bits per heavy atom. The van der Waals surface area contributed by atoms with E-state index in [4.69, 9.17) is 14.8 Å². The van der Waals surface area contributed by atoms with E-state index < -0.39 is 23.5 Å². The summed E-state index contributed by atoms with van der Waals surface area (Å²) in [5.41, 5.74) is 7.71. The summed E-state index contributed by atoms with van der Waals surface area (Å²) >= 11 is 0.847. The van der Waals surface area contributed by atoms with E-state index in [1.54, 1.807) is 36.5 Å². The summed E-state index contributed by atoms with van der Waals surface area (Å²) in [6, 6.07) is 19.6. The van der Waals surface area contributed by atoms with Gasteiger partial charge in [0.05, 0.1) is 36.5 Å². The van der Waals surface area contributed by atoms with Crippen LogP contribution in [0, 0.1) is 5.82 Å². The van der Waals surface area contributed by atoms with Gasteiger partial charge in [-0.1, -0.05) is 42.5 Å². The first-order chi connectivity index (χ1) is 19.1. The van der Waals surface area contributed by atoms with Gasteiger partial charge >= 0.3 is 5.97 Å². The minimum atomic E-state index is -1.15. The van der Waals surface area contributed by atoms with Crippen molar-refractivity contribution >= 4 is 29.8 Å². The van der Waals surface area contributed by atoms with Crippen molar-refractivity contribution in [3.63, 3.8) is 0 Å². The van der Waals surface area contributed by atoms with Crippen molar-refractivity contribution in [3.05, 3.63) is 101 Å². The van der Waals surface area contributed by atoms with E-state index >= 15 is 0 Å². The van der Waals surface area contributed by atoms with Crippen LogP contribution in [-0.2, 0) is 20.4 Å². The Morgan fingerprint density at radius 3 is 2.42 bits per heavy atom. The fourth-order valence-electron chi connectivity index (χ4n) is 3.80. The number of amides is 1. The van der Waals surface area contributed by atoms with Gasteiger partial charge in [0, 0.05) is 12.6 Å². The van der Waals surface area contributed by atoms with Crippen LogP contribution in [0.25, 0.3) is 0 Å². The smallest absolute Gasteiger partial charge is 0.338 e. The van der Waals surface area contributed by atoms with E-state index in [9.17, 15) is 19.1 Å². The number of carbonyl (C=O) groups excluding carboxylic acids is 2. The highest BCUT2D eigenvalue weighted by atomic mass is 32.2. The van der Waals surface area contributed by atoms with Crippen LogP contribution >= 0.6 is 12.2 Å². The zero-order valence-electron chi connectivity index (χ0n) is 22.6. The van der Waals surface area contributed by atoms with E-state index in [2.05, 4.69) is 10.2 Å². The number of aryl methyl sites for hydroxylation is 1. The van der Waals surface area contributed by atoms with Gasteiger partial charge in [-0.05, 0) is 61.2 Å². The van der Waals surface area contributed by atoms with Gasteiger partial charge in [-0.2, -0.15) is 0 Å². The standard InChI is InChI=1S/C29H34FN3O6S/c1-20(22-9-11-25(30)12-10-22)32-27(35)23-15-24(17-26(16-23)33(2)40-39-37-3)28(36)38-19-29(31,18-34)14-13-21-7-5-4-6-8-21/h4-12,15-17,20,34H,13-14,18-19,31H2,1-3H3,(H,32,35)/t20-,29?/m1/s1. The molecule has 2 atom stereocenters. The van der Waals surface area contributed by atoms with E-state index in [-0.39, 0.29) is 30.2 Å². The lowest BCUT2D eigenvalue weighted by atomic mass is 9.94. The number of nitrogens with one attached hydrogen (secondary N) is 1. The van der Waals surface area contributed by atoms with Crippen molar-refractivity contribution in [2.75, 3.05) is 31.7 Å². The SMILES string of the molecule is COOSN(C)c1cc(C(=O)N[C@H](C)c2ccc(F)cc2)cc(C(=O)OCC(N)(CO)CCc2ccccc2)c1. The Kier molecular flexibility index (Phi) is 11.5. The molecule has 0 radical (unpaired) electrons. The molecule has 9 nitrogen and oxygen atoms in total. The highest BCUT2D eigenvalue weighted by Crippen LogP contribution is 2.26. The number of anilines is 1. The Labute approximate surface area is 237 Å². The molecule has 3 rings (SSSR count). The predicted molar refractivity (Wildman–Crippen MR) is 152 cm³/mol. The van der Waals surface area contributed by atoms with Crippen LogP contribution in [0.1, 0.15) is 51.2 Å². The maximum Gasteiger partial charge on any atom is 0.338 e. The second-order valence-corrected chi connectivity index (χ2v) is 10.2. The number of aliphatic hydroxyl groups excluding tert-OH is 1. The van der Waals surface area contributed by atoms with Gasteiger partial charge in [-0.15, -0.1) is 4.33 Å². The van der Waals surface area contributed by atoms with Crippen LogP contribution < -0.4 is 15.4 Å². The number of hydrogen-bond donors (Lipinski definition) is 3. The van der Waals surface area contributed by atoms with Crippen LogP contribution in [0.3, 0.4) is 0 Å². The molecular formula is C29H34FN3O6S. The predicted octanol–water partition coefficient (Wildman–Crippen LogP) is 4.37. The van der Waals surface area contributed by atoms with Crippen LogP contribution in [0.4, 0.5) is 10.1 Å². The number of carbonyl (C=O) groups is 2. The highest BCUT2D eigenvalue weighted by Gasteiger charge is 2.27. The lowest BCUT2D eigenvalue weighted by molar-refractivity contribution is -0.160. The fraction of sp³-hybridized carbons (Fsp3) is 0.310. The summed E-state index contributed by atoms with van der Waals surface area (Å²) in [7, 11) is 3.01. The number of esters is 1. The Bertz CT molecular complexity index is 1260. The molecule has 40 heavy (non-hydrogen) atoms. The average molecular weight is 572 g/mol. The van der Waals surface area contributed by atoms with Crippen LogP contribution in [0.2, 0.25) is 0 Å². The molecule has 0 aliphatic heterocycles. The van der Waals surface area contributed by atoms with Gasteiger partial charge in [0.1, 0.15) is 12.4 Å². The zero-order valence-corrected chi connectivity index (χ0v) is 23.4. The molecule has 0 spiro atoms. The van der Waals surface area contributed by atoms with E-state index in [1.165, 1.54) is 31.4 Å². The van der Waals surface area contributed by atoms with Gasteiger partial charge in [-0.3, -0.25) is 9.10 Å². The maximum absolute atomic E-state index is 13.3. The van der Waals surface area contributed by atoms with E-state index in [1.807, 2.05) is 30.3 Å². The number of hydrogen-bond acceptors (Lipinski definition) is 9. The van der Waals surface area contributed by atoms with Crippen LogP contribution in [0.5, 0.6) is 0 Å². The molecule has 3 aromatic rings. The van der Waals surface area contributed by atoms with Crippen molar-refractivity contribution in [2.24, 2.45) is 5.73 Å². The largest absolute Gasteiger partial charge is 0.460 e. The molecular weight excluding hydrogens is 537 g/mol. The summed E-state index contributed by atoms with van der Waals surface area (Å²) in [6.45, 7) is 1.17. The molecule has 0 saturated carbocycles. The molecule has 4 N–H and O–H groups in total. The minimum absolute atomic E-state index is 0.102. The molecule has 0 saturated heterocycles. The quantitative estimate of drug-likeness (QED) is 0.0851. The van der Waals surface area contributed by atoms with Crippen molar-refractivity contribution < 1.29 is 33.0 Å². The third-order valence-electron chi connectivity index (χ3n) is 6.27. The summed E-state index contributed by atoms with van der Waals surface area (Å²) in [5.74, 6) is -1.54. The number of nitrogens with two attached hydrogens (primary N) is 1. The van der Waals surface area contributed by atoms with Crippen molar-refractivity contribution in [1.29, 1.82) is 0 Å². The highest BCUT2D eigenvalue weighted by molar-refractivity contribution is 7.95. The number of ether oxygens (including phenoxy) is 1. The molecule has 0 bridgehead atoms. The fourth-order valence-corrected chi connectivity index (χ4v) is 4.15. The molecule has 3 aromatic carbocycles. The lowest BCUT2D eigenvalue weighted by Crippen LogP contribution is -2.49. The van der Waals surface area contributed by atoms with Gasteiger partial charge in [0.25, 0.3) is 5.91 Å². The van der Waals surface area contributed by atoms with Crippen LogP contribution in [-0.4, -0.2) is 49.9 Å². The molecule has 0 aliphatic carbocycles. The maximum atomic E-state index is 13.3. The first-order valence-electron chi connectivity index (χ1n) is 12.6. The summed E-state index contributed by atoms with van der Waals surface area (Å²) < 4.78 is 25.3. The van der Waals surface area contributed by atoms with Crippen molar-refractivity contribution in [2.45, 2.75) is 31.3 Å². The molecule has 1 amide bonds. The number of halogens is 1. The second kappa shape index (κ2) is 14.8. The molecule has 0 aromatic heterocycles. The first-order valence-corrected chi connectivity index (χ1v) is 13.3. The molecule has 0 heterocycles. The van der Waals surface area contributed by atoms with Gasteiger partial charge in [0.2, 0.25) is 0 Å². The Morgan fingerprint density at radius 1 is 1.10 bits per heavy atom. The van der Waals surface area contributed by atoms with Crippen molar-refractivity contribution in [3.8, 4) is 0 Å². The Hall–Kier alpha value is -3.48. The molecule has 0 fully saturated rings. The third kappa shape index (κ3) is 9.04. The average Bonchev–Trinajstić information content (AvgIpc) is 2.98. The van der Waals surface area contributed by atoms with Gasteiger partial charge < -0.3 is 20.9 Å². The normalized spacial score (nSPS) is 13.2. The number of rotatable bonds is 14. The minimum Gasteiger partial charge on any atom is -0.460 e. The number of benzene rings is 3. The zero-order chi connectivity index (χ0) is 29.1. The Balaban J connectivity index is 1.77.